The van der Waals surface area contributed by atoms with Gasteiger partial charge in [-0.25, -0.2) is 4.39 Å². The lowest BCUT2D eigenvalue weighted by atomic mass is 9.93. The molecule has 0 bridgehead atoms. The normalized spacial score (nSPS) is 24.2. The fourth-order valence-electron chi connectivity index (χ4n) is 6.36. The predicted octanol–water partition coefficient (Wildman–Crippen LogP) is 4.25. The van der Waals surface area contributed by atoms with Gasteiger partial charge in [0.25, 0.3) is 0 Å². The average Bonchev–Trinajstić information content (AvgIpc) is 3.48. The molecule has 3 saturated heterocycles. The highest BCUT2D eigenvalue weighted by molar-refractivity contribution is 5.78. The highest BCUT2D eigenvalue weighted by atomic mass is 19.1. The van der Waals surface area contributed by atoms with Crippen molar-refractivity contribution < 1.29 is 9.18 Å². The van der Waals surface area contributed by atoms with Gasteiger partial charge in [-0.2, -0.15) is 0 Å². The number of likely N-dealkylation sites (N-methyl/N-ethyl adjacent to an activating group) is 1. The summed E-state index contributed by atoms with van der Waals surface area (Å²) >= 11 is 0. The van der Waals surface area contributed by atoms with E-state index < -0.39 is 0 Å². The maximum absolute atomic E-state index is 14.5. The molecule has 2 atom stereocenters. The summed E-state index contributed by atoms with van der Waals surface area (Å²) in [5, 5.41) is 0. The lowest BCUT2D eigenvalue weighted by Crippen LogP contribution is -2.45. The SMILES string of the molecule is Cc1cccc(F)c1CN1C[C@H](c2ccc(N3CCC(N4CCCC4=O)CC3)cc2)[C@@H](N(C)C)C1. The minimum atomic E-state index is -0.0999. The van der Waals surface area contributed by atoms with Crippen LogP contribution in [-0.2, 0) is 11.3 Å². The van der Waals surface area contributed by atoms with Crippen molar-refractivity contribution in [1.82, 2.24) is 14.7 Å². The molecule has 0 radical (unpaired) electrons. The van der Waals surface area contributed by atoms with E-state index in [0.717, 1.165) is 69.5 Å². The van der Waals surface area contributed by atoms with Crippen molar-refractivity contribution in [3.05, 3.63) is 65.0 Å². The van der Waals surface area contributed by atoms with Crippen LogP contribution in [-0.4, -0.2) is 79.5 Å². The number of carbonyl (C=O) groups excluding carboxylic acids is 1. The van der Waals surface area contributed by atoms with E-state index in [4.69, 9.17) is 0 Å². The maximum Gasteiger partial charge on any atom is 0.222 e. The van der Waals surface area contributed by atoms with Crippen LogP contribution in [0.25, 0.3) is 0 Å². The summed E-state index contributed by atoms with van der Waals surface area (Å²) in [5.74, 6) is 0.647. The average molecular weight is 479 g/mol. The minimum absolute atomic E-state index is 0.0999. The maximum atomic E-state index is 14.5. The highest BCUT2D eigenvalue weighted by Gasteiger charge is 2.36. The van der Waals surface area contributed by atoms with Gasteiger partial charge >= 0.3 is 0 Å². The molecule has 5 nitrogen and oxygen atoms in total. The van der Waals surface area contributed by atoms with Crippen molar-refractivity contribution in [2.75, 3.05) is 51.7 Å². The summed E-state index contributed by atoms with van der Waals surface area (Å²) in [4.78, 5) is 21.4. The molecular weight excluding hydrogens is 439 g/mol. The topological polar surface area (TPSA) is 30.0 Å². The van der Waals surface area contributed by atoms with Gasteiger partial charge in [-0.15, -0.1) is 0 Å². The molecule has 6 heteroatoms. The molecular formula is C29H39FN4O. The lowest BCUT2D eigenvalue weighted by molar-refractivity contribution is -0.130. The third kappa shape index (κ3) is 5.10. The Morgan fingerprint density at radius 1 is 1.00 bits per heavy atom. The van der Waals surface area contributed by atoms with Crippen LogP contribution >= 0.6 is 0 Å². The molecule has 2 aromatic carbocycles. The molecule has 0 aromatic heterocycles. The Morgan fingerprint density at radius 2 is 1.74 bits per heavy atom. The number of benzene rings is 2. The molecule has 0 N–H and O–H groups in total. The van der Waals surface area contributed by atoms with Gasteiger partial charge in [0.1, 0.15) is 5.82 Å². The number of hydrogen-bond donors (Lipinski definition) is 0. The van der Waals surface area contributed by atoms with Gasteiger partial charge in [-0.3, -0.25) is 9.69 Å². The lowest BCUT2D eigenvalue weighted by Gasteiger charge is -2.38. The van der Waals surface area contributed by atoms with Crippen LogP contribution in [0.2, 0.25) is 0 Å². The highest BCUT2D eigenvalue weighted by Crippen LogP contribution is 2.33. The number of piperidine rings is 1. The van der Waals surface area contributed by atoms with Gasteiger partial charge in [0.2, 0.25) is 5.91 Å². The van der Waals surface area contributed by atoms with E-state index in [1.807, 2.05) is 13.0 Å². The van der Waals surface area contributed by atoms with Crippen LogP contribution in [0.5, 0.6) is 0 Å². The number of rotatable bonds is 6. The second-order valence-corrected chi connectivity index (χ2v) is 10.9. The van der Waals surface area contributed by atoms with Crippen molar-refractivity contribution in [3.63, 3.8) is 0 Å². The van der Waals surface area contributed by atoms with Crippen LogP contribution in [0, 0.1) is 12.7 Å². The molecule has 3 aliphatic heterocycles. The van der Waals surface area contributed by atoms with E-state index in [0.29, 0.717) is 30.5 Å². The van der Waals surface area contributed by atoms with E-state index in [1.165, 1.54) is 11.3 Å². The van der Waals surface area contributed by atoms with E-state index >= 15 is 0 Å². The number of anilines is 1. The molecule has 5 rings (SSSR count). The Hall–Kier alpha value is -2.44. The van der Waals surface area contributed by atoms with Crippen LogP contribution in [0.1, 0.15) is 48.3 Å². The first kappa shape index (κ1) is 24.3. The van der Waals surface area contributed by atoms with Crippen molar-refractivity contribution in [2.45, 2.75) is 57.2 Å². The summed E-state index contributed by atoms with van der Waals surface area (Å²) < 4.78 is 14.5. The van der Waals surface area contributed by atoms with Crippen molar-refractivity contribution in [3.8, 4) is 0 Å². The molecule has 3 fully saturated rings. The first-order valence-electron chi connectivity index (χ1n) is 13.2. The largest absolute Gasteiger partial charge is 0.371 e. The van der Waals surface area contributed by atoms with Gasteiger partial charge in [-0.05, 0) is 69.6 Å². The zero-order valence-electron chi connectivity index (χ0n) is 21.4. The molecule has 0 saturated carbocycles. The summed E-state index contributed by atoms with van der Waals surface area (Å²) in [5.41, 5.74) is 4.48. The second-order valence-electron chi connectivity index (χ2n) is 10.9. The molecule has 3 heterocycles. The van der Waals surface area contributed by atoms with Gasteiger partial charge in [0, 0.05) is 74.9 Å². The number of nitrogens with zero attached hydrogens (tertiary/aromatic N) is 4. The number of likely N-dealkylation sites (tertiary alicyclic amines) is 2. The third-order valence-electron chi connectivity index (χ3n) is 8.46. The number of aryl methyl sites for hydroxylation is 1. The number of amides is 1. The third-order valence-corrected chi connectivity index (χ3v) is 8.46. The Labute approximate surface area is 209 Å². The molecule has 0 spiro atoms. The number of halogens is 1. The van der Waals surface area contributed by atoms with E-state index in [-0.39, 0.29) is 5.82 Å². The van der Waals surface area contributed by atoms with Crippen LogP contribution in [0.4, 0.5) is 10.1 Å². The van der Waals surface area contributed by atoms with Crippen molar-refractivity contribution in [2.24, 2.45) is 0 Å². The Bertz CT molecular complexity index is 1010. The Kier molecular flexibility index (Phi) is 7.12. The molecule has 35 heavy (non-hydrogen) atoms. The summed E-state index contributed by atoms with van der Waals surface area (Å²) in [6.07, 6.45) is 3.87. The second kappa shape index (κ2) is 10.3. The monoisotopic (exact) mass is 478 g/mol. The van der Waals surface area contributed by atoms with Gasteiger partial charge in [0.05, 0.1) is 0 Å². The zero-order valence-corrected chi connectivity index (χ0v) is 21.4. The smallest absolute Gasteiger partial charge is 0.222 e. The Morgan fingerprint density at radius 3 is 2.37 bits per heavy atom. The van der Waals surface area contributed by atoms with E-state index in [2.05, 4.69) is 58.0 Å². The first-order valence-corrected chi connectivity index (χ1v) is 13.2. The summed E-state index contributed by atoms with van der Waals surface area (Å²) in [6, 6.07) is 15.3. The molecule has 2 aromatic rings. The number of carbonyl (C=O) groups is 1. The molecule has 3 aliphatic rings. The first-order chi connectivity index (χ1) is 16.9. The molecule has 0 aliphatic carbocycles. The van der Waals surface area contributed by atoms with E-state index in [9.17, 15) is 9.18 Å². The zero-order chi connectivity index (χ0) is 24.5. The molecule has 0 unspecified atom stereocenters. The van der Waals surface area contributed by atoms with Gasteiger partial charge < -0.3 is 14.7 Å². The quantitative estimate of drug-likeness (QED) is 0.621. The Balaban J connectivity index is 1.23. The van der Waals surface area contributed by atoms with Crippen LogP contribution < -0.4 is 4.90 Å². The number of hydrogen-bond acceptors (Lipinski definition) is 4. The van der Waals surface area contributed by atoms with E-state index in [1.54, 1.807) is 12.1 Å². The van der Waals surface area contributed by atoms with Gasteiger partial charge in [-0.1, -0.05) is 24.3 Å². The summed E-state index contributed by atoms with van der Waals surface area (Å²) in [7, 11) is 4.30. The molecule has 188 valence electrons. The summed E-state index contributed by atoms with van der Waals surface area (Å²) in [6.45, 7) is 7.49. The minimum Gasteiger partial charge on any atom is -0.371 e. The van der Waals surface area contributed by atoms with Crippen molar-refractivity contribution >= 4 is 11.6 Å². The fraction of sp³-hybridized carbons (Fsp3) is 0.552. The predicted molar refractivity (Wildman–Crippen MR) is 139 cm³/mol. The van der Waals surface area contributed by atoms with Crippen molar-refractivity contribution in [1.29, 1.82) is 0 Å². The van der Waals surface area contributed by atoms with Crippen LogP contribution in [0.3, 0.4) is 0 Å². The standard InChI is InChI=1S/C29H39FN4O/c1-21-6-4-7-27(30)25(21)18-32-19-26(28(20-32)31(2)3)22-9-11-23(12-10-22)33-16-13-24(14-17-33)34-15-5-8-29(34)35/h4,6-7,9-12,24,26,28H,5,8,13-20H2,1-3H3/t26-,28+/m1/s1. The fourth-order valence-corrected chi connectivity index (χ4v) is 6.36. The molecule has 1 amide bonds. The van der Waals surface area contributed by atoms with Crippen LogP contribution in [0.15, 0.2) is 42.5 Å². The van der Waals surface area contributed by atoms with Gasteiger partial charge in [0.15, 0.2) is 0 Å².